The topological polar surface area (TPSA) is 67.2 Å². The van der Waals surface area contributed by atoms with Crippen LogP contribution < -0.4 is 5.32 Å². The Bertz CT molecular complexity index is 572. The first-order valence-corrected chi connectivity index (χ1v) is 9.26. The summed E-state index contributed by atoms with van der Waals surface area (Å²) in [7, 11) is -3.36. The standard InChI is InChI=1S/C14H24N4O2S/c1-12-4-7-18(8-5-12)21(19,20)14-10-16-17(11-14)9-6-15-13-2-3-13/h10-13,15H,2-9H2,1H3. The van der Waals surface area contributed by atoms with E-state index in [9.17, 15) is 8.42 Å². The Morgan fingerprint density at radius 1 is 1.29 bits per heavy atom. The zero-order valence-electron chi connectivity index (χ0n) is 12.5. The third kappa shape index (κ3) is 3.64. The minimum absolute atomic E-state index is 0.323. The van der Waals surface area contributed by atoms with Gasteiger partial charge in [0.1, 0.15) is 4.90 Å². The lowest BCUT2D eigenvalue weighted by Gasteiger charge is -2.28. The van der Waals surface area contributed by atoms with E-state index in [4.69, 9.17) is 0 Å². The normalized spacial score (nSPS) is 21.8. The summed E-state index contributed by atoms with van der Waals surface area (Å²) < 4.78 is 28.4. The lowest BCUT2D eigenvalue weighted by atomic mass is 10.0. The van der Waals surface area contributed by atoms with Gasteiger partial charge in [-0.25, -0.2) is 8.42 Å². The molecule has 0 amide bonds. The van der Waals surface area contributed by atoms with Crippen molar-refractivity contribution in [2.75, 3.05) is 19.6 Å². The van der Waals surface area contributed by atoms with Gasteiger partial charge in [0.2, 0.25) is 10.0 Å². The van der Waals surface area contributed by atoms with Gasteiger partial charge < -0.3 is 5.32 Å². The molecular weight excluding hydrogens is 288 g/mol. The molecular formula is C14H24N4O2S. The molecule has 1 aliphatic carbocycles. The second-order valence-corrected chi connectivity index (χ2v) is 8.19. The summed E-state index contributed by atoms with van der Waals surface area (Å²) in [5.74, 6) is 0.618. The summed E-state index contributed by atoms with van der Waals surface area (Å²) in [6, 6.07) is 0.666. The van der Waals surface area contributed by atoms with Gasteiger partial charge in [-0.3, -0.25) is 4.68 Å². The molecule has 118 valence electrons. The maximum Gasteiger partial charge on any atom is 0.246 e. The van der Waals surface area contributed by atoms with E-state index in [2.05, 4.69) is 17.3 Å². The Morgan fingerprint density at radius 3 is 2.67 bits per heavy atom. The van der Waals surface area contributed by atoms with Gasteiger partial charge in [0, 0.05) is 31.9 Å². The third-order valence-corrected chi connectivity index (χ3v) is 6.19. The largest absolute Gasteiger partial charge is 0.312 e. The highest BCUT2D eigenvalue weighted by atomic mass is 32.2. The van der Waals surface area contributed by atoms with Crippen molar-refractivity contribution in [2.24, 2.45) is 5.92 Å². The molecule has 7 heteroatoms. The fourth-order valence-corrected chi connectivity index (χ4v) is 4.07. The van der Waals surface area contributed by atoms with Gasteiger partial charge in [0.25, 0.3) is 0 Å². The second-order valence-electron chi connectivity index (χ2n) is 6.25. The summed E-state index contributed by atoms with van der Waals surface area (Å²) >= 11 is 0. The Hall–Kier alpha value is -0.920. The number of nitrogens with zero attached hydrogens (tertiary/aromatic N) is 3. The first-order valence-electron chi connectivity index (χ1n) is 7.82. The quantitative estimate of drug-likeness (QED) is 0.853. The van der Waals surface area contributed by atoms with E-state index in [1.165, 1.54) is 19.0 Å². The summed E-state index contributed by atoms with van der Waals surface area (Å²) in [6.07, 6.45) is 7.53. The molecule has 1 saturated heterocycles. The van der Waals surface area contributed by atoms with Crippen molar-refractivity contribution in [1.82, 2.24) is 19.4 Å². The third-order valence-electron chi connectivity index (χ3n) is 4.34. The molecule has 6 nitrogen and oxygen atoms in total. The number of aromatic nitrogens is 2. The summed E-state index contributed by atoms with van der Waals surface area (Å²) in [6.45, 7) is 4.97. The van der Waals surface area contributed by atoms with Crippen molar-refractivity contribution < 1.29 is 8.42 Å². The number of hydrogen-bond donors (Lipinski definition) is 1. The van der Waals surface area contributed by atoms with E-state index in [1.54, 1.807) is 15.2 Å². The Morgan fingerprint density at radius 2 is 2.00 bits per heavy atom. The molecule has 1 aromatic rings. The molecule has 0 spiro atoms. The van der Waals surface area contributed by atoms with Crippen molar-refractivity contribution in [3.8, 4) is 0 Å². The molecule has 21 heavy (non-hydrogen) atoms. The molecule has 0 unspecified atom stereocenters. The van der Waals surface area contributed by atoms with E-state index in [-0.39, 0.29) is 0 Å². The van der Waals surface area contributed by atoms with Gasteiger partial charge in [-0.2, -0.15) is 9.40 Å². The van der Waals surface area contributed by atoms with Crippen molar-refractivity contribution in [3.05, 3.63) is 12.4 Å². The summed E-state index contributed by atoms with van der Waals surface area (Å²) in [5, 5.41) is 7.58. The molecule has 1 aromatic heterocycles. The molecule has 2 aliphatic rings. The number of nitrogens with one attached hydrogen (secondary N) is 1. The lowest BCUT2D eigenvalue weighted by molar-refractivity contribution is 0.288. The number of piperidine rings is 1. The van der Waals surface area contributed by atoms with Gasteiger partial charge in [-0.05, 0) is 31.6 Å². The van der Waals surface area contributed by atoms with E-state index >= 15 is 0 Å². The first-order chi connectivity index (χ1) is 10.1. The van der Waals surface area contributed by atoms with E-state index in [0.29, 0.717) is 36.5 Å². The fourth-order valence-electron chi connectivity index (χ4n) is 2.65. The molecule has 0 bridgehead atoms. The highest BCUT2D eigenvalue weighted by Crippen LogP contribution is 2.23. The molecule has 0 atom stereocenters. The van der Waals surface area contributed by atoms with Crippen LogP contribution in [0.3, 0.4) is 0 Å². The van der Waals surface area contributed by atoms with Crippen LogP contribution in [0, 0.1) is 5.92 Å². The number of rotatable bonds is 6. The van der Waals surface area contributed by atoms with E-state index < -0.39 is 10.0 Å². The van der Waals surface area contributed by atoms with Gasteiger partial charge in [0.05, 0.1) is 12.7 Å². The Balaban J connectivity index is 1.60. The van der Waals surface area contributed by atoms with Crippen LogP contribution in [0.4, 0.5) is 0 Å². The van der Waals surface area contributed by atoms with Gasteiger partial charge in [-0.1, -0.05) is 6.92 Å². The molecule has 1 saturated carbocycles. The number of hydrogen-bond acceptors (Lipinski definition) is 4. The SMILES string of the molecule is CC1CCN(S(=O)(=O)c2cnn(CCNC3CC3)c2)CC1. The monoisotopic (exact) mass is 312 g/mol. The predicted octanol–water partition coefficient (Wildman–Crippen LogP) is 1.06. The molecule has 3 rings (SSSR count). The molecule has 1 N–H and O–H groups in total. The highest BCUT2D eigenvalue weighted by molar-refractivity contribution is 7.89. The van der Waals surface area contributed by atoms with Crippen LogP contribution >= 0.6 is 0 Å². The highest BCUT2D eigenvalue weighted by Gasteiger charge is 2.29. The van der Waals surface area contributed by atoms with Crippen molar-refractivity contribution in [1.29, 1.82) is 0 Å². The lowest BCUT2D eigenvalue weighted by Crippen LogP contribution is -2.37. The average molecular weight is 312 g/mol. The predicted molar refractivity (Wildman–Crippen MR) is 80.4 cm³/mol. The van der Waals surface area contributed by atoms with Gasteiger partial charge >= 0.3 is 0 Å². The van der Waals surface area contributed by atoms with Crippen LogP contribution in [-0.4, -0.2) is 48.2 Å². The molecule has 0 radical (unpaired) electrons. The minimum Gasteiger partial charge on any atom is -0.312 e. The van der Waals surface area contributed by atoms with Crippen LogP contribution in [0.5, 0.6) is 0 Å². The van der Waals surface area contributed by atoms with Gasteiger partial charge in [-0.15, -0.1) is 0 Å². The van der Waals surface area contributed by atoms with E-state index in [0.717, 1.165) is 19.4 Å². The maximum atomic E-state index is 12.6. The molecule has 2 heterocycles. The zero-order valence-corrected chi connectivity index (χ0v) is 13.3. The summed E-state index contributed by atoms with van der Waals surface area (Å²) in [4.78, 5) is 0.323. The van der Waals surface area contributed by atoms with Gasteiger partial charge in [0.15, 0.2) is 0 Å². The van der Waals surface area contributed by atoms with Crippen molar-refractivity contribution >= 4 is 10.0 Å². The summed E-state index contributed by atoms with van der Waals surface area (Å²) in [5.41, 5.74) is 0. The van der Waals surface area contributed by atoms with Crippen LogP contribution in [-0.2, 0) is 16.6 Å². The van der Waals surface area contributed by atoms with Crippen LogP contribution in [0.2, 0.25) is 0 Å². The minimum atomic E-state index is -3.36. The first kappa shape index (κ1) is 15.0. The Kier molecular flexibility index (Phi) is 4.33. The molecule has 2 fully saturated rings. The maximum absolute atomic E-state index is 12.6. The molecule has 0 aromatic carbocycles. The van der Waals surface area contributed by atoms with Crippen LogP contribution in [0.15, 0.2) is 17.3 Å². The smallest absolute Gasteiger partial charge is 0.246 e. The average Bonchev–Trinajstić information content (AvgIpc) is 3.15. The van der Waals surface area contributed by atoms with Crippen LogP contribution in [0.1, 0.15) is 32.6 Å². The fraction of sp³-hybridized carbons (Fsp3) is 0.786. The Labute approximate surface area is 126 Å². The molecule has 1 aliphatic heterocycles. The zero-order chi connectivity index (χ0) is 14.9. The van der Waals surface area contributed by atoms with Crippen molar-refractivity contribution in [2.45, 2.75) is 50.1 Å². The van der Waals surface area contributed by atoms with E-state index in [1.807, 2.05) is 0 Å². The van der Waals surface area contributed by atoms with Crippen molar-refractivity contribution in [3.63, 3.8) is 0 Å². The number of sulfonamides is 1. The second kappa shape index (κ2) is 6.06. The van der Waals surface area contributed by atoms with Crippen LogP contribution in [0.25, 0.3) is 0 Å².